The summed E-state index contributed by atoms with van der Waals surface area (Å²) < 4.78 is 5.52. The van der Waals surface area contributed by atoms with Gasteiger partial charge in [-0.1, -0.05) is 47.5 Å². The first kappa shape index (κ1) is 14.7. The number of fused-ring (bicyclic) bond motifs is 2. The van der Waals surface area contributed by atoms with Crippen LogP contribution in [0.2, 0.25) is 10.0 Å². The summed E-state index contributed by atoms with van der Waals surface area (Å²) in [5.74, 6) is -0.712. The van der Waals surface area contributed by atoms with Gasteiger partial charge < -0.3 is 4.74 Å². The molecule has 0 radical (unpaired) electrons. The van der Waals surface area contributed by atoms with Gasteiger partial charge in [-0.25, -0.2) is 0 Å². The Kier molecular flexibility index (Phi) is 4.12. The van der Waals surface area contributed by atoms with Crippen LogP contribution < -0.4 is 0 Å². The van der Waals surface area contributed by atoms with Crippen LogP contribution in [0.1, 0.15) is 28.4 Å². The van der Waals surface area contributed by atoms with Gasteiger partial charge in [0.05, 0.1) is 0 Å². The maximum absolute atomic E-state index is 11.7. The number of hydrogen-bond donors (Lipinski definition) is 0. The summed E-state index contributed by atoms with van der Waals surface area (Å²) in [4.78, 5) is 11.7. The smallest absolute Gasteiger partial charge is 0.321 e. The van der Waals surface area contributed by atoms with Crippen molar-refractivity contribution in [2.24, 2.45) is 0 Å². The largest absolute Gasteiger partial charge is 0.452 e. The molecule has 0 bridgehead atoms. The van der Waals surface area contributed by atoms with E-state index in [0.717, 1.165) is 22.3 Å². The molecule has 0 N–H and O–H groups in total. The Hall–Kier alpha value is -1.22. The van der Waals surface area contributed by atoms with Crippen LogP contribution in [0.25, 0.3) is 0 Å². The van der Waals surface area contributed by atoms with E-state index in [4.69, 9.17) is 39.5 Å². The van der Waals surface area contributed by atoms with E-state index in [0.29, 0.717) is 16.5 Å². The highest BCUT2D eigenvalue weighted by molar-refractivity contribution is 6.32. The minimum absolute atomic E-state index is 0.212. The van der Waals surface area contributed by atoms with Gasteiger partial charge in [-0.3, -0.25) is 4.79 Å². The molecule has 2 aromatic carbocycles. The molecule has 21 heavy (non-hydrogen) atoms. The van der Waals surface area contributed by atoms with Crippen molar-refractivity contribution in [1.82, 2.24) is 0 Å². The van der Waals surface area contributed by atoms with E-state index >= 15 is 0 Å². The van der Waals surface area contributed by atoms with Crippen molar-refractivity contribution in [3.05, 3.63) is 68.7 Å². The first-order valence-electron chi connectivity index (χ1n) is 6.42. The van der Waals surface area contributed by atoms with Crippen molar-refractivity contribution in [3.63, 3.8) is 0 Å². The lowest BCUT2D eigenvalue weighted by atomic mass is 9.84. The monoisotopic (exact) mass is 340 g/mol. The number of carbonyl (C=O) groups excluding carboxylic acids is 1. The topological polar surface area (TPSA) is 26.3 Å². The summed E-state index contributed by atoms with van der Waals surface area (Å²) in [6, 6.07) is 11.3. The maximum Gasteiger partial charge on any atom is 0.321 e. The highest BCUT2D eigenvalue weighted by atomic mass is 35.5. The summed E-state index contributed by atoms with van der Waals surface area (Å²) in [7, 11) is 0. The normalized spacial score (nSPS) is 13.5. The van der Waals surface area contributed by atoms with E-state index in [9.17, 15) is 4.79 Å². The van der Waals surface area contributed by atoms with Crippen molar-refractivity contribution >= 4 is 40.8 Å². The molecule has 0 aliphatic heterocycles. The Labute approximate surface area is 137 Å². The number of hydrogen-bond acceptors (Lipinski definition) is 2. The third-order valence-electron chi connectivity index (χ3n) is 3.55. The molecule has 3 rings (SSSR count). The molecular formula is C16H11Cl3O2. The van der Waals surface area contributed by atoms with Crippen LogP contribution in [0.4, 0.5) is 0 Å². The van der Waals surface area contributed by atoms with Crippen LogP contribution in [0.5, 0.6) is 0 Å². The van der Waals surface area contributed by atoms with E-state index in [-0.39, 0.29) is 5.88 Å². The van der Waals surface area contributed by atoms with Crippen LogP contribution in [0.3, 0.4) is 0 Å². The van der Waals surface area contributed by atoms with Crippen LogP contribution in [0.15, 0.2) is 36.4 Å². The van der Waals surface area contributed by atoms with Crippen molar-refractivity contribution in [1.29, 1.82) is 0 Å². The lowest BCUT2D eigenvalue weighted by molar-refractivity contribution is -0.144. The molecule has 0 aromatic heterocycles. The molecule has 5 heteroatoms. The lowest BCUT2D eigenvalue weighted by Crippen LogP contribution is -2.21. The SMILES string of the molecule is O=C(CCl)OC1c2c(Cl)cccc2Cc2cccc(Cl)c21. The lowest BCUT2D eigenvalue weighted by Gasteiger charge is -2.29. The zero-order valence-corrected chi connectivity index (χ0v) is 13.2. The van der Waals surface area contributed by atoms with Gasteiger partial charge in [0.25, 0.3) is 0 Å². The summed E-state index contributed by atoms with van der Waals surface area (Å²) in [6.07, 6.45) is 0.0955. The number of esters is 1. The van der Waals surface area contributed by atoms with E-state index < -0.39 is 12.1 Å². The molecule has 0 fully saturated rings. The number of rotatable bonds is 2. The predicted octanol–water partition coefficient (Wildman–Crippen LogP) is 4.77. The molecule has 1 aliphatic carbocycles. The molecule has 0 heterocycles. The van der Waals surface area contributed by atoms with Crippen LogP contribution >= 0.6 is 34.8 Å². The number of carbonyl (C=O) groups is 1. The number of benzene rings is 2. The van der Waals surface area contributed by atoms with Gasteiger partial charge in [-0.2, -0.15) is 0 Å². The van der Waals surface area contributed by atoms with Gasteiger partial charge in [0.1, 0.15) is 5.88 Å². The first-order valence-corrected chi connectivity index (χ1v) is 7.71. The molecule has 0 atom stereocenters. The second-order valence-corrected chi connectivity index (χ2v) is 5.89. The third-order valence-corrected chi connectivity index (χ3v) is 4.43. The summed E-state index contributed by atoms with van der Waals surface area (Å²) in [5.41, 5.74) is 3.64. The summed E-state index contributed by atoms with van der Waals surface area (Å²) >= 11 is 18.2. The molecule has 0 spiro atoms. The average Bonchev–Trinajstić information content (AvgIpc) is 2.46. The zero-order valence-electron chi connectivity index (χ0n) is 10.9. The highest BCUT2D eigenvalue weighted by Gasteiger charge is 2.32. The first-order chi connectivity index (χ1) is 10.1. The van der Waals surface area contributed by atoms with E-state index in [1.807, 2.05) is 24.3 Å². The fourth-order valence-electron chi connectivity index (χ4n) is 2.69. The molecule has 1 aliphatic rings. The quantitative estimate of drug-likeness (QED) is 0.581. The van der Waals surface area contributed by atoms with Gasteiger partial charge in [-0.15, -0.1) is 11.6 Å². The van der Waals surface area contributed by atoms with Crippen LogP contribution in [-0.2, 0) is 16.0 Å². The van der Waals surface area contributed by atoms with Crippen molar-refractivity contribution in [2.45, 2.75) is 12.5 Å². The van der Waals surface area contributed by atoms with Crippen LogP contribution in [0, 0.1) is 0 Å². The third kappa shape index (κ3) is 2.64. The van der Waals surface area contributed by atoms with Gasteiger partial charge in [0.15, 0.2) is 6.10 Å². The Morgan fingerprint density at radius 1 is 1.05 bits per heavy atom. The molecule has 2 aromatic rings. The van der Waals surface area contributed by atoms with E-state index in [1.165, 1.54) is 0 Å². The van der Waals surface area contributed by atoms with Crippen molar-refractivity contribution in [2.75, 3.05) is 5.88 Å². The predicted molar refractivity (Wildman–Crippen MR) is 84.4 cm³/mol. The van der Waals surface area contributed by atoms with Gasteiger partial charge >= 0.3 is 5.97 Å². The minimum atomic E-state index is -0.614. The zero-order chi connectivity index (χ0) is 15.0. The maximum atomic E-state index is 11.7. The van der Waals surface area contributed by atoms with Gasteiger partial charge in [-0.05, 0) is 29.7 Å². The summed E-state index contributed by atoms with van der Waals surface area (Å²) in [6.45, 7) is 0. The fraction of sp³-hybridized carbons (Fsp3) is 0.188. The Morgan fingerprint density at radius 3 is 2.05 bits per heavy atom. The molecule has 0 unspecified atom stereocenters. The Bertz CT molecular complexity index is 661. The van der Waals surface area contributed by atoms with Crippen molar-refractivity contribution < 1.29 is 9.53 Å². The van der Waals surface area contributed by atoms with E-state index in [2.05, 4.69) is 0 Å². The molecule has 0 saturated heterocycles. The van der Waals surface area contributed by atoms with Crippen molar-refractivity contribution in [3.8, 4) is 0 Å². The fourth-order valence-corrected chi connectivity index (χ4v) is 3.34. The summed E-state index contributed by atoms with van der Waals surface area (Å²) in [5, 5.41) is 1.12. The molecular weight excluding hydrogens is 331 g/mol. The standard InChI is InChI=1S/C16H11Cl3O2/c17-8-13(20)21-16-14-9(3-1-5-11(14)18)7-10-4-2-6-12(19)15(10)16/h1-6,16H,7-8H2. The molecule has 108 valence electrons. The average molecular weight is 342 g/mol. The second kappa shape index (κ2) is 5.88. The number of ether oxygens (including phenoxy) is 1. The van der Waals surface area contributed by atoms with E-state index in [1.54, 1.807) is 12.1 Å². The van der Waals surface area contributed by atoms with Gasteiger partial charge in [0, 0.05) is 21.2 Å². The number of alkyl halides is 1. The number of halogens is 3. The molecule has 0 amide bonds. The molecule has 2 nitrogen and oxygen atoms in total. The highest BCUT2D eigenvalue weighted by Crippen LogP contribution is 2.43. The Morgan fingerprint density at radius 2 is 1.57 bits per heavy atom. The van der Waals surface area contributed by atoms with Crippen LogP contribution in [-0.4, -0.2) is 11.8 Å². The Balaban J connectivity index is 2.19. The minimum Gasteiger partial charge on any atom is -0.452 e. The second-order valence-electron chi connectivity index (χ2n) is 4.81. The molecule has 0 saturated carbocycles. The van der Waals surface area contributed by atoms with Gasteiger partial charge in [0.2, 0.25) is 0 Å².